The van der Waals surface area contributed by atoms with E-state index in [1.165, 1.54) is 6.07 Å². The van der Waals surface area contributed by atoms with Gasteiger partial charge in [-0.05, 0) is 41.6 Å². The molecule has 0 bridgehead atoms. The Bertz CT molecular complexity index is 415. The third kappa shape index (κ3) is 2.63. The zero-order valence-corrected chi connectivity index (χ0v) is 10.4. The van der Waals surface area contributed by atoms with Crippen LogP contribution in [0.4, 0.5) is 13.2 Å². The summed E-state index contributed by atoms with van der Waals surface area (Å²) >= 11 is 7.45. The third-order valence-electron chi connectivity index (χ3n) is 1.75. The zero-order valence-electron chi connectivity index (χ0n) is 7.45. The second-order valence-electron chi connectivity index (χ2n) is 2.84. The fourth-order valence-electron chi connectivity index (χ4n) is 1.13. The van der Waals surface area contributed by atoms with Gasteiger partial charge in [-0.1, -0.05) is 11.6 Å². The summed E-state index contributed by atoms with van der Waals surface area (Å²) in [6.45, 7) is 1.06. The summed E-state index contributed by atoms with van der Waals surface area (Å²) < 4.78 is 37.9. The van der Waals surface area contributed by atoms with Crippen LogP contribution in [0.15, 0.2) is 12.1 Å². The summed E-state index contributed by atoms with van der Waals surface area (Å²) in [5, 5.41) is -0.141. The summed E-state index contributed by atoms with van der Waals surface area (Å²) in [4.78, 5) is 11.1. The zero-order chi connectivity index (χ0) is 11.8. The number of benzene rings is 1. The van der Waals surface area contributed by atoms with Gasteiger partial charge in [-0.3, -0.25) is 4.79 Å². The number of rotatable bonds is 1. The Morgan fingerprint density at radius 2 is 1.93 bits per heavy atom. The van der Waals surface area contributed by atoms with Crippen molar-refractivity contribution in [3.8, 4) is 0 Å². The monoisotopic (exact) mass is 348 g/mol. The van der Waals surface area contributed by atoms with Crippen LogP contribution in [0.1, 0.15) is 22.8 Å². The van der Waals surface area contributed by atoms with E-state index in [1.807, 2.05) is 0 Å². The summed E-state index contributed by atoms with van der Waals surface area (Å²) in [6.07, 6.45) is -4.56. The molecule has 0 aromatic heterocycles. The van der Waals surface area contributed by atoms with Crippen LogP contribution in [-0.4, -0.2) is 5.78 Å². The molecule has 0 saturated carbocycles. The van der Waals surface area contributed by atoms with Crippen molar-refractivity contribution >= 4 is 40.0 Å². The number of alkyl halides is 3. The first-order valence-electron chi connectivity index (χ1n) is 3.81. The van der Waals surface area contributed by atoms with Crippen LogP contribution in [0, 0.1) is 3.57 Å². The molecule has 1 aromatic rings. The highest BCUT2D eigenvalue weighted by Gasteiger charge is 2.35. The van der Waals surface area contributed by atoms with Gasteiger partial charge in [0.05, 0.1) is 10.6 Å². The molecule has 0 aliphatic heterocycles. The van der Waals surface area contributed by atoms with Gasteiger partial charge in [0, 0.05) is 9.13 Å². The third-order valence-corrected chi connectivity index (χ3v) is 3.36. The highest BCUT2D eigenvalue weighted by Crippen LogP contribution is 2.37. The molecule has 0 fully saturated rings. The Balaban J connectivity index is 3.55. The number of carbonyl (C=O) groups is 1. The summed E-state index contributed by atoms with van der Waals surface area (Å²) in [6, 6.07) is 2.10. The lowest BCUT2D eigenvalue weighted by atomic mass is 10.0. The molecule has 15 heavy (non-hydrogen) atoms. The van der Waals surface area contributed by atoms with Gasteiger partial charge in [0.15, 0.2) is 5.78 Å². The summed E-state index contributed by atoms with van der Waals surface area (Å²) in [5.41, 5.74) is -1.45. The molecule has 0 atom stereocenters. The normalized spacial score (nSPS) is 11.6. The van der Waals surface area contributed by atoms with Gasteiger partial charge >= 0.3 is 6.18 Å². The molecular weight excluding hydrogens is 343 g/mol. The van der Waals surface area contributed by atoms with E-state index in [2.05, 4.69) is 0 Å². The first kappa shape index (κ1) is 12.8. The molecule has 1 aromatic carbocycles. The standard InChI is InChI=1S/C9H5ClF3IO/c1-4(15)7-5(9(11,12)13)2-3-6(14)8(7)10/h2-3H,1H3. The molecule has 0 radical (unpaired) electrons. The smallest absolute Gasteiger partial charge is 0.294 e. The van der Waals surface area contributed by atoms with Gasteiger partial charge in [-0.15, -0.1) is 0 Å². The maximum atomic E-state index is 12.5. The predicted molar refractivity (Wildman–Crippen MR) is 59.2 cm³/mol. The fraction of sp³-hybridized carbons (Fsp3) is 0.222. The summed E-state index contributed by atoms with van der Waals surface area (Å²) in [5.74, 6) is -0.689. The Kier molecular flexibility index (Phi) is 3.65. The van der Waals surface area contributed by atoms with Crippen molar-refractivity contribution in [3.05, 3.63) is 31.9 Å². The molecule has 6 heteroatoms. The predicted octanol–water partition coefficient (Wildman–Crippen LogP) is 4.17. The van der Waals surface area contributed by atoms with Crippen molar-refractivity contribution in [2.45, 2.75) is 13.1 Å². The minimum atomic E-state index is -4.56. The van der Waals surface area contributed by atoms with Gasteiger partial charge in [0.25, 0.3) is 0 Å². The lowest BCUT2D eigenvalue weighted by Gasteiger charge is -2.12. The van der Waals surface area contributed by atoms with Crippen LogP contribution in [0.25, 0.3) is 0 Å². The lowest BCUT2D eigenvalue weighted by Crippen LogP contribution is -2.12. The van der Waals surface area contributed by atoms with Crippen molar-refractivity contribution in [1.82, 2.24) is 0 Å². The largest absolute Gasteiger partial charge is 0.417 e. The first-order valence-corrected chi connectivity index (χ1v) is 5.27. The van der Waals surface area contributed by atoms with E-state index < -0.39 is 23.1 Å². The van der Waals surface area contributed by atoms with Crippen LogP contribution in [-0.2, 0) is 6.18 Å². The average molecular weight is 348 g/mol. The molecule has 1 rings (SSSR count). The van der Waals surface area contributed by atoms with Crippen LogP contribution >= 0.6 is 34.2 Å². The fourth-order valence-corrected chi connectivity index (χ4v) is 1.88. The van der Waals surface area contributed by atoms with E-state index in [0.29, 0.717) is 3.57 Å². The number of hydrogen-bond acceptors (Lipinski definition) is 1. The Morgan fingerprint density at radius 3 is 2.33 bits per heavy atom. The molecule has 0 amide bonds. The van der Waals surface area contributed by atoms with Gasteiger partial charge in [0.1, 0.15) is 0 Å². The highest BCUT2D eigenvalue weighted by molar-refractivity contribution is 14.1. The molecular formula is C9H5ClF3IO. The van der Waals surface area contributed by atoms with Crippen molar-refractivity contribution in [2.75, 3.05) is 0 Å². The maximum absolute atomic E-state index is 12.5. The topological polar surface area (TPSA) is 17.1 Å². The van der Waals surface area contributed by atoms with E-state index in [9.17, 15) is 18.0 Å². The van der Waals surface area contributed by atoms with Gasteiger partial charge in [0.2, 0.25) is 0 Å². The number of carbonyl (C=O) groups excluding carboxylic acids is 1. The van der Waals surface area contributed by atoms with Crippen LogP contribution < -0.4 is 0 Å². The number of hydrogen-bond donors (Lipinski definition) is 0. The Morgan fingerprint density at radius 1 is 1.40 bits per heavy atom. The van der Waals surface area contributed by atoms with E-state index in [0.717, 1.165) is 13.0 Å². The molecule has 0 N–H and O–H groups in total. The maximum Gasteiger partial charge on any atom is 0.417 e. The Hall–Kier alpha value is -0.300. The van der Waals surface area contributed by atoms with E-state index in [1.54, 1.807) is 22.6 Å². The average Bonchev–Trinajstić information content (AvgIpc) is 2.06. The molecule has 1 nitrogen and oxygen atoms in total. The number of Topliss-reactive ketones (excluding diaryl/α,β-unsaturated/α-hetero) is 1. The number of ketones is 1. The second-order valence-corrected chi connectivity index (χ2v) is 4.38. The molecule has 0 aliphatic rings. The van der Waals surface area contributed by atoms with Crippen molar-refractivity contribution in [3.63, 3.8) is 0 Å². The van der Waals surface area contributed by atoms with E-state index in [-0.39, 0.29) is 5.02 Å². The van der Waals surface area contributed by atoms with Gasteiger partial charge < -0.3 is 0 Å². The minimum absolute atomic E-state index is 0.141. The first-order chi connectivity index (χ1) is 6.75. The van der Waals surface area contributed by atoms with Gasteiger partial charge in [-0.2, -0.15) is 13.2 Å². The van der Waals surface area contributed by atoms with Crippen LogP contribution in [0.3, 0.4) is 0 Å². The van der Waals surface area contributed by atoms with Crippen LogP contribution in [0.5, 0.6) is 0 Å². The molecule has 0 saturated heterocycles. The van der Waals surface area contributed by atoms with Crippen molar-refractivity contribution in [2.24, 2.45) is 0 Å². The minimum Gasteiger partial charge on any atom is -0.294 e. The number of halogens is 5. The molecule has 0 aliphatic carbocycles. The molecule has 0 spiro atoms. The highest BCUT2D eigenvalue weighted by atomic mass is 127. The van der Waals surface area contributed by atoms with E-state index in [4.69, 9.17) is 11.6 Å². The second kappa shape index (κ2) is 4.29. The van der Waals surface area contributed by atoms with Crippen molar-refractivity contribution in [1.29, 1.82) is 0 Å². The summed E-state index contributed by atoms with van der Waals surface area (Å²) in [7, 11) is 0. The molecule has 0 unspecified atom stereocenters. The molecule has 82 valence electrons. The quantitative estimate of drug-likeness (QED) is 0.550. The SMILES string of the molecule is CC(=O)c1c(C(F)(F)F)ccc(I)c1Cl. The van der Waals surface area contributed by atoms with E-state index >= 15 is 0 Å². The van der Waals surface area contributed by atoms with Gasteiger partial charge in [-0.25, -0.2) is 0 Å². The van der Waals surface area contributed by atoms with Crippen molar-refractivity contribution < 1.29 is 18.0 Å². The Labute approximate surface area is 103 Å². The molecule has 0 heterocycles. The lowest BCUT2D eigenvalue weighted by molar-refractivity contribution is -0.137. The van der Waals surface area contributed by atoms with Crippen LogP contribution in [0.2, 0.25) is 5.02 Å².